The second-order valence-corrected chi connectivity index (χ2v) is 8.14. The first-order chi connectivity index (χ1) is 13.9. The van der Waals surface area contributed by atoms with Gasteiger partial charge in [-0.2, -0.15) is 0 Å². The van der Waals surface area contributed by atoms with Crippen LogP contribution < -0.4 is 5.32 Å². The lowest BCUT2D eigenvalue weighted by molar-refractivity contribution is -0.222. The number of hydrogen-bond donors (Lipinski definition) is 3. The normalized spacial score (nSPS) is 23.6. The molecule has 6 heteroatoms. The summed E-state index contributed by atoms with van der Waals surface area (Å²) < 4.78 is 4.43. The minimum Gasteiger partial charge on any atom is -0.465 e. The largest absolute Gasteiger partial charge is 0.465 e. The molecule has 1 amide bonds. The molecule has 1 fully saturated rings. The number of nitrogens with one attached hydrogen (secondary N) is 1. The van der Waals surface area contributed by atoms with Crippen LogP contribution in [0.2, 0.25) is 0 Å². The minimum atomic E-state index is -2.48. The summed E-state index contributed by atoms with van der Waals surface area (Å²) in [6.45, 7) is 3.81. The molecule has 0 bridgehead atoms. The van der Waals surface area contributed by atoms with Crippen molar-refractivity contribution >= 4 is 12.4 Å². The maximum atomic E-state index is 11.5. The first-order valence-corrected chi connectivity index (χ1v) is 10.9. The molecule has 0 heterocycles. The van der Waals surface area contributed by atoms with Crippen LogP contribution in [0.25, 0.3) is 0 Å². The summed E-state index contributed by atoms with van der Waals surface area (Å²) in [4.78, 5) is 22.4. The summed E-state index contributed by atoms with van der Waals surface area (Å²) in [6.07, 6.45) is 18.5. The maximum Gasteiger partial charge on any atom is 0.366 e. The Hall–Kier alpha value is -1.66. The molecule has 0 aromatic heterocycles. The lowest BCUT2D eigenvalue weighted by Crippen LogP contribution is -2.45. The van der Waals surface area contributed by atoms with Crippen molar-refractivity contribution < 1.29 is 24.5 Å². The Morgan fingerprint density at radius 1 is 1.21 bits per heavy atom. The number of carbonyl (C=O) groups excluding carboxylic acids is 2. The zero-order chi connectivity index (χ0) is 21.7. The van der Waals surface area contributed by atoms with Crippen LogP contribution in [0.4, 0.5) is 0 Å². The van der Waals surface area contributed by atoms with E-state index in [1.54, 1.807) is 6.92 Å². The van der Waals surface area contributed by atoms with Crippen molar-refractivity contribution in [2.45, 2.75) is 83.5 Å². The zero-order valence-electron chi connectivity index (χ0n) is 18.2. The molecule has 3 N–H and O–H groups in total. The second-order valence-electron chi connectivity index (χ2n) is 8.14. The molecule has 1 rings (SSSR count). The number of hydrogen-bond acceptors (Lipinski definition) is 5. The topological polar surface area (TPSA) is 95.9 Å². The van der Waals surface area contributed by atoms with Gasteiger partial charge in [0.25, 0.3) is 5.79 Å². The summed E-state index contributed by atoms with van der Waals surface area (Å²) in [5.74, 6) is -3.42. The number of carbonyl (C=O) groups is 2. The van der Waals surface area contributed by atoms with Crippen LogP contribution in [0, 0.1) is 17.8 Å². The third kappa shape index (κ3) is 8.31. The molecule has 0 saturated heterocycles. The average molecular weight is 410 g/mol. The molecule has 1 aliphatic carbocycles. The molecule has 4 atom stereocenters. The molecule has 1 saturated carbocycles. The highest BCUT2D eigenvalue weighted by atomic mass is 16.6. The van der Waals surface area contributed by atoms with E-state index in [0.29, 0.717) is 18.3 Å². The summed E-state index contributed by atoms with van der Waals surface area (Å²) in [5, 5.41) is 22.7. The smallest absolute Gasteiger partial charge is 0.366 e. The van der Waals surface area contributed by atoms with Gasteiger partial charge >= 0.3 is 5.97 Å². The van der Waals surface area contributed by atoms with Gasteiger partial charge in [0.2, 0.25) is 6.41 Å². The van der Waals surface area contributed by atoms with Crippen LogP contribution in [0.3, 0.4) is 0 Å². The van der Waals surface area contributed by atoms with E-state index >= 15 is 0 Å². The molecule has 0 radical (unpaired) electrons. The Bertz CT molecular complexity index is 543. The number of methoxy groups -OCH3 is 1. The maximum absolute atomic E-state index is 11.5. The van der Waals surface area contributed by atoms with Crippen LogP contribution >= 0.6 is 0 Å². The zero-order valence-corrected chi connectivity index (χ0v) is 18.2. The molecule has 1 unspecified atom stereocenters. The fourth-order valence-electron chi connectivity index (χ4n) is 3.98. The van der Waals surface area contributed by atoms with Crippen LogP contribution in [0.1, 0.15) is 71.6 Å². The Balaban J connectivity index is 2.56. The van der Waals surface area contributed by atoms with Gasteiger partial charge in [0, 0.05) is 17.9 Å². The van der Waals surface area contributed by atoms with E-state index < -0.39 is 17.7 Å². The summed E-state index contributed by atoms with van der Waals surface area (Å²) in [7, 11) is 1.13. The Labute approximate surface area is 175 Å². The summed E-state index contributed by atoms with van der Waals surface area (Å²) in [6, 6.07) is 0.179. The number of ether oxygens (including phenoxy) is 1. The van der Waals surface area contributed by atoms with E-state index in [-0.39, 0.29) is 6.04 Å². The van der Waals surface area contributed by atoms with E-state index in [2.05, 4.69) is 29.1 Å². The summed E-state index contributed by atoms with van der Waals surface area (Å²) in [5.41, 5.74) is 0. The van der Waals surface area contributed by atoms with E-state index in [1.165, 1.54) is 25.7 Å². The molecule has 1 aliphatic rings. The Morgan fingerprint density at radius 3 is 2.62 bits per heavy atom. The molecule has 0 spiro atoms. The van der Waals surface area contributed by atoms with Gasteiger partial charge in [0.1, 0.15) is 0 Å². The Morgan fingerprint density at radius 2 is 1.97 bits per heavy atom. The highest BCUT2D eigenvalue weighted by Gasteiger charge is 2.40. The average Bonchev–Trinajstić information content (AvgIpc) is 3.08. The molecule has 0 aromatic rings. The van der Waals surface area contributed by atoms with Gasteiger partial charge in [-0.3, -0.25) is 4.79 Å². The fraction of sp³-hybridized carbons (Fsp3) is 0.739. The molecule has 0 aromatic carbocycles. The number of aliphatic hydroxyl groups is 2. The summed E-state index contributed by atoms with van der Waals surface area (Å²) >= 11 is 0. The van der Waals surface area contributed by atoms with Crippen molar-refractivity contribution in [3.8, 4) is 0 Å². The molecule has 0 aliphatic heterocycles. The Kier molecular flexibility index (Phi) is 11.9. The first-order valence-electron chi connectivity index (χ1n) is 10.9. The number of unbranched alkanes of at least 4 members (excludes halogenated alkanes) is 4. The van der Waals surface area contributed by atoms with Crippen molar-refractivity contribution in [2.75, 3.05) is 7.11 Å². The van der Waals surface area contributed by atoms with Crippen molar-refractivity contribution in [2.24, 2.45) is 17.8 Å². The minimum absolute atomic E-state index is 0.179. The van der Waals surface area contributed by atoms with E-state index in [1.807, 2.05) is 12.2 Å². The van der Waals surface area contributed by atoms with Gasteiger partial charge < -0.3 is 20.3 Å². The van der Waals surface area contributed by atoms with Crippen LogP contribution in [-0.4, -0.2) is 41.5 Å². The van der Waals surface area contributed by atoms with Crippen molar-refractivity contribution in [1.82, 2.24) is 5.32 Å². The van der Waals surface area contributed by atoms with Crippen molar-refractivity contribution in [1.29, 1.82) is 0 Å². The van der Waals surface area contributed by atoms with Crippen molar-refractivity contribution in [3.63, 3.8) is 0 Å². The third-order valence-electron chi connectivity index (χ3n) is 5.99. The highest BCUT2D eigenvalue weighted by Crippen LogP contribution is 2.36. The van der Waals surface area contributed by atoms with E-state index in [0.717, 1.165) is 39.2 Å². The lowest BCUT2D eigenvalue weighted by Gasteiger charge is -2.24. The molecule has 29 heavy (non-hydrogen) atoms. The molecule has 6 nitrogen and oxygen atoms in total. The lowest BCUT2D eigenvalue weighted by atomic mass is 9.89. The van der Waals surface area contributed by atoms with Crippen LogP contribution in [0.5, 0.6) is 0 Å². The highest BCUT2D eigenvalue weighted by molar-refractivity contribution is 5.77. The van der Waals surface area contributed by atoms with Crippen LogP contribution in [0.15, 0.2) is 24.3 Å². The second kappa shape index (κ2) is 13.5. The van der Waals surface area contributed by atoms with Crippen LogP contribution in [-0.2, 0) is 14.3 Å². The molecular formula is C23H39NO5. The molecular weight excluding hydrogens is 370 g/mol. The predicted octanol–water partition coefficient (Wildman–Crippen LogP) is 3.48. The number of esters is 1. The number of rotatable bonds is 14. The van der Waals surface area contributed by atoms with Gasteiger partial charge in [0.15, 0.2) is 0 Å². The number of allylic oxidation sites excluding steroid dienone is 3. The van der Waals surface area contributed by atoms with Gasteiger partial charge in [-0.15, -0.1) is 0 Å². The van der Waals surface area contributed by atoms with E-state index in [4.69, 9.17) is 0 Å². The van der Waals surface area contributed by atoms with Crippen molar-refractivity contribution in [3.05, 3.63) is 24.3 Å². The monoisotopic (exact) mass is 409 g/mol. The standard InChI is InChI=1S/C23H39NO5/c1-4-5-6-7-8-9-14-20-19(15-16-21(20)24-17-25)13-11-10-12-18(2)23(27,28)22(26)29-3/h9-11,14,17-21,27-28H,4-8,12-13,15-16H2,1-3H3,(H,24,25)/b11-10-,14-9+/t18?,19-,20+,21+/m0/s1. The molecule has 166 valence electrons. The van der Waals surface area contributed by atoms with Gasteiger partial charge in [0.05, 0.1) is 7.11 Å². The van der Waals surface area contributed by atoms with Gasteiger partial charge in [-0.25, -0.2) is 4.79 Å². The first kappa shape index (κ1) is 25.4. The fourth-order valence-corrected chi connectivity index (χ4v) is 3.98. The van der Waals surface area contributed by atoms with Gasteiger partial charge in [-0.05, 0) is 44.4 Å². The predicted molar refractivity (Wildman–Crippen MR) is 114 cm³/mol. The SMILES string of the molecule is CCCCCC/C=C/[C@@H]1[C@@H](C/C=C\CC(C)C(O)(O)C(=O)OC)CC[C@H]1NC=O. The van der Waals surface area contributed by atoms with Gasteiger partial charge in [-0.1, -0.05) is 57.4 Å². The quantitative estimate of drug-likeness (QED) is 0.134. The van der Waals surface area contributed by atoms with E-state index in [9.17, 15) is 19.8 Å². The number of amides is 1. The third-order valence-corrected chi connectivity index (χ3v) is 5.99.